The molecule has 0 bridgehead atoms. The largest absolute Gasteiger partial charge is 0.382 e. The number of ether oxygens (including phenoxy) is 1. The van der Waals surface area contributed by atoms with Crippen molar-refractivity contribution in [2.24, 2.45) is 0 Å². The summed E-state index contributed by atoms with van der Waals surface area (Å²) in [5.41, 5.74) is 0.707. The topological polar surface area (TPSA) is 21.3 Å². The number of benzene rings is 1. The Hall–Kier alpha value is -0.450. The summed E-state index contributed by atoms with van der Waals surface area (Å²) >= 11 is 3.37. The molecule has 2 nitrogen and oxygen atoms in total. The molecule has 0 amide bonds. The van der Waals surface area contributed by atoms with E-state index in [1.165, 1.54) is 6.07 Å². The molecule has 0 saturated carbocycles. The quantitative estimate of drug-likeness (QED) is 0.776. The molecule has 0 aromatic heterocycles. The second-order valence-electron chi connectivity index (χ2n) is 3.85. The van der Waals surface area contributed by atoms with E-state index in [0.717, 1.165) is 30.5 Å². The van der Waals surface area contributed by atoms with E-state index in [-0.39, 0.29) is 11.9 Å². The minimum atomic E-state index is -0.163. The standard InChI is InChI=1S/C13H19BrFNO/c1-3-17-8-4-5-13(16-2)11-9-10(14)6-7-12(11)15/h6-7,9,13,16H,3-5,8H2,1-2H3. The first-order valence-corrected chi connectivity index (χ1v) is 6.68. The van der Waals surface area contributed by atoms with Crippen LogP contribution in [0.5, 0.6) is 0 Å². The van der Waals surface area contributed by atoms with Crippen molar-refractivity contribution in [1.29, 1.82) is 0 Å². The summed E-state index contributed by atoms with van der Waals surface area (Å²) in [5, 5.41) is 3.15. The first-order valence-electron chi connectivity index (χ1n) is 5.89. The third-order valence-electron chi connectivity index (χ3n) is 2.67. The first-order chi connectivity index (χ1) is 8.19. The van der Waals surface area contributed by atoms with Crippen LogP contribution in [-0.4, -0.2) is 20.3 Å². The molecular formula is C13H19BrFNO. The SMILES string of the molecule is CCOCCCC(NC)c1cc(Br)ccc1F. The van der Waals surface area contributed by atoms with Gasteiger partial charge in [-0.25, -0.2) is 4.39 Å². The summed E-state index contributed by atoms with van der Waals surface area (Å²) in [5.74, 6) is -0.163. The second kappa shape index (κ2) is 7.80. The average Bonchev–Trinajstić information content (AvgIpc) is 2.33. The highest BCUT2D eigenvalue weighted by Crippen LogP contribution is 2.24. The third kappa shape index (κ3) is 4.74. The Labute approximate surface area is 111 Å². The average molecular weight is 304 g/mol. The maximum Gasteiger partial charge on any atom is 0.128 e. The van der Waals surface area contributed by atoms with Crippen molar-refractivity contribution in [2.75, 3.05) is 20.3 Å². The molecule has 1 rings (SSSR count). The van der Waals surface area contributed by atoms with E-state index in [2.05, 4.69) is 21.2 Å². The molecule has 17 heavy (non-hydrogen) atoms. The molecular weight excluding hydrogens is 285 g/mol. The molecule has 0 radical (unpaired) electrons. The molecule has 0 fully saturated rings. The number of hydrogen-bond acceptors (Lipinski definition) is 2. The molecule has 1 atom stereocenters. The van der Waals surface area contributed by atoms with Crippen LogP contribution in [0.2, 0.25) is 0 Å². The van der Waals surface area contributed by atoms with Gasteiger partial charge in [-0.3, -0.25) is 0 Å². The van der Waals surface area contributed by atoms with Crippen LogP contribution in [0, 0.1) is 5.82 Å². The van der Waals surface area contributed by atoms with E-state index in [0.29, 0.717) is 5.56 Å². The predicted molar refractivity (Wildman–Crippen MR) is 71.6 cm³/mol. The summed E-state index contributed by atoms with van der Waals surface area (Å²) in [7, 11) is 1.85. The molecule has 0 heterocycles. The van der Waals surface area contributed by atoms with Crippen molar-refractivity contribution < 1.29 is 9.13 Å². The lowest BCUT2D eigenvalue weighted by Crippen LogP contribution is -2.18. The van der Waals surface area contributed by atoms with Crippen molar-refractivity contribution in [3.8, 4) is 0 Å². The van der Waals surface area contributed by atoms with Crippen LogP contribution in [0.15, 0.2) is 22.7 Å². The Balaban J connectivity index is 2.62. The maximum atomic E-state index is 13.7. The van der Waals surface area contributed by atoms with E-state index >= 15 is 0 Å². The fourth-order valence-corrected chi connectivity index (χ4v) is 2.15. The number of nitrogens with one attached hydrogen (secondary N) is 1. The van der Waals surface area contributed by atoms with Gasteiger partial charge in [0.05, 0.1) is 0 Å². The Morgan fingerprint density at radius 2 is 2.24 bits per heavy atom. The summed E-state index contributed by atoms with van der Waals surface area (Å²) in [6.07, 6.45) is 1.79. The van der Waals surface area contributed by atoms with Crippen LogP contribution < -0.4 is 5.32 Å². The number of halogens is 2. The van der Waals surface area contributed by atoms with Crippen LogP contribution in [-0.2, 0) is 4.74 Å². The summed E-state index contributed by atoms with van der Waals surface area (Å²) < 4.78 is 19.9. The normalized spacial score (nSPS) is 12.7. The van der Waals surface area contributed by atoms with Gasteiger partial charge in [0.2, 0.25) is 0 Å². The monoisotopic (exact) mass is 303 g/mol. The molecule has 4 heteroatoms. The minimum Gasteiger partial charge on any atom is -0.382 e. The van der Waals surface area contributed by atoms with Crippen LogP contribution in [0.3, 0.4) is 0 Å². The molecule has 0 aliphatic rings. The highest BCUT2D eigenvalue weighted by Gasteiger charge is 2.13. The van der Waals surface area contributed by atoms with Crippen molar-refractivity contribution >= 4 is 15.9 Å². The van der Waals surface area contributed by atoms with Crippen molar-refractivity contribution in [2.45, 2.75) is 25.8 Å². The van der Waals surface area contributed by atoms with Gasteiger partial charge < -0.3 is 10.1 Å². The summed E-state index contributed by atoms with van der Waals surface area (Å²) in [6.45, 7) is 3.43. The highest BCUT2D eigenvalue weighted by atomic mass is 79.9. The van der Waals surface area contributed by atoms with E-state index < -0.39 is 0 Å². The lowest BCUT2D eigenvalue weighted by molar-refractivity contribution is 0.141. The summed E-state index contributed by atoms with van der Waals surface area (Å²) in [4.78, 5) is 0. The molecule has 1 unspecified atom stereocenters. The number of rotatable bonds is 7. The third-order valence-corrected chi connectivity index (χ3v) is 3.16. The van der Waals surface area contributed by atoms with Gasteiger partial charge in [-0.2, -0.15) is 0 Å². The zero-order valence-electron chi connectivity index (χ0n) is 10.3. The summed E-state index contributed by atoms with van der Waals surface area (Å²) in [6, 6.07) is 5.07. The minimum absolute atomic E-state index is 0.0351. The number of hydrogen-bond donors (Lipinski definition) is 1. The van der Waals surface area contributed by atoms with E-state index in [9.17, 15) is 4.39 Å². The van der Waals surface area contributed by atoms with Crippen LogP contribution >= 0.6 is 15.9 Å². The second-order valence-corrected chi connectivity index (χ2v) is 4.76. The van der Waals surface area contributed by atoms with E-state index in [4.69, 9.17) is 4.74 Å². The molecule has 96 valence electrons. The van der Waals surface area contributed by atoms with Gasteiger partial charge >= 0.3 is 0 Å². The lowest BCUT2D eigenvalue weighted by Gasteiger charge is -2.17. The molecule has 0 saturated heterocycles. The zero-order chi connectivity index (χ0) is 12.7. The Kier molecular flexibility index (Phi) is 6.70. The van der Waals surface area contributed by atoms with Crippen molar-refractivity contribution in [3.05, 3.63) is 34.1 Å². The lowest BCUT2D eigenvalue weighted by atomic mass is 10.0. The van der Waals surface area contributed by atoms with Crippen LogP contribution in [0.1, 0.15) is 31.4 Å². The van der Waals surface area contributed by atoms with Crippen molar-refractivity contribution in [1.82, 2.24) is 5.32 Å². The van der Waals surface area contributed by atoms with E-state index in [1.54, 1.807) is 6.07 Å². The van der Waals surface area contributed by atoms with Crippen LogP contribution in [0.25, 0.3) is 0 Å². The highest BCUT2D eigenvalue weighted by molar-refractivity contribution is 9.10. The van der Waals surface area contributed by atoms with Gasteiger partial charge in [0.25, 0.3) is 0 Å². The van der Waals surface area contributed by atoms with Gasteiger partial charge in [0, 0.05) is 29.3 Å². The molecule has 0 aliphatic carbocycles. The van der Waals surface area contributed by atoms with Gasteiger partial charge in [0.15, 0.2) is 0 Å². The fraction of sp³-hybridized carbons (Fsp3) is 0.538. The Morgan fingerprint density at radius 3 is 2.88 bits per heavy atom. The molecule has 0 aliphatic heterocycles. The predicted octanol–water partition coefficient (Wildman–Crippen LogP) is 3.67. The Bertz CT molecular complexity index is 346. The van der Waals surface area contributed by atoms with Gasteiger partial charge in [0.1, 0.15) is 5.82 Å². The van der Waals surface area contributed by atoms with Crippen molar-refractivity contribution in [3.63, 3.8) is 0 Å². The van der Waals surface area contributed by atoms with Gasteiger partial charge in [-0.05, 0) is 45.0 Å². The molecule has 1 aromatic rings. The Morgan fingerprint density at radius 1 is 1.47 bits per heavy atom. The van der Waals surface area contributed by atoms with Gasteiger partial charge in [-0.1, -0.05) is 15.9 Å². The zero-order valence-corrected chi connectivity index (χ0v) is 11.9. The molecule has 1 N–H and O–H groups in total. The van der Waals surface area contributed by atoms with E-state index in [1.807, 2.05) is 20.0 Å². The van der Waals surface area contributed by atoms with Gasteiger partial charge in [-0.15, -0.1) is 0 Å². The first kappa shape index (κ1) is 14.6. The smallest absolute Gasteiger partial charge is 0.128 e. The maximum absolute atomic E-state index is 13.7. The fourth-order valence-electron chi connectivity index (χ4n) is 1.77. The molecule has 1 aromatic carbocycles. The van der Waals surface area contributed by atoms with Crippen LogP contribution in [0.4, 0.5) is 4.39 Å². The molecule has 0 spiro atoms.